The first kappa shape index (κ1) is 22.8. The van der Waals surface area contributed by atoms with Crippen molar-refractivity contribution in [3.63, 3.8) is 0 Å². The standard InChI is InChI=1S/C21H26F2N4O4S/c1-12(28)16-11-32-19(25-16)18-24-14(7-13-3-5-21(22,23)6-4-13)8-17(26-18)31-15-9-27(10-15)20(29)30-2/h8,11-13,15,28H,3-7,9-10H2,1-2H3. The molecule has 2 aliphatic rings. The van der Waals surface area contributed by atoms with Gasteiger partial charge in [-0.2, -0.15) is 4.98 Å². The molecule has 2 aromatic heterocycles. The SMILES string of the molecule is COC(=O)N1CC(Oc2cc(CC3CCC(F)(F)CC3)nc(-c3nc(C(C)O)cs3)n2)C1. The van der Waals surface area contributed by atoms with E-state index in [1.807, 2.05) is 0 Å². The van der Waals surface area contributed by atoms with Gasteiger partial charge in [0.2, 0.25) is 11.8 Å². The van der Waals surface area contributed by atoms with Crippen LogP contribution in [0.1, 0.15) is 50.1 Å². The lowest BCUT2D eigenvalue weighted by molar-refractivity contribution is -0.0457. The van der Waals surface area contributed by atoms with E-state index in [1.165, 1.54) is 23.3 Å². The Bertz CT molecular complexity index is 955. The molecule has 0 radical (unpaired) electrons. The van der Waals surface area contributed by atoms with E-state index in [4.69, 9.17) is 9.47 Å². The number of hydrogen-bond acceptors (Lipinski definition) is 8. The first-order valence-corrected chi connectivity index (χ1v) is 11.5. The number of ether oxygens (including phenoxy) is 2. The normalized spacial score (nSPS) is 20.0. The van der Waals surface area contributed by atoms with E-state index >= 15 is 0 Å². The van der Waals surface area contributed by atoms with E-state index in [-0.39, 0.29) is 24.9 Å². The van der Waals surface area contributed by atoms with Crippen LogP contribution in [0.4, 0.5) is 13.6 Å². The predicted molar refractivity (Wildman–Crippen MR) is 113 cm³/mol. The predicted octanol–water partition coefficient (Wildman–Crippen LogP) is 3.85. The average Bonchev–Trinajstić information content (AvgIpc) is 3.22. The molecule has 1 amide bonds. The maximum atomic E-state index is 13.5. The molecule has 3 heterocycles. The number of methoxy groups -OCH3 is 1. The number of amides is 1. The topological polar surface area (TPSA) is 97.7 Å². The highest BCUT2D eigenvalue weighted by Gasteiger charge is 2.36. The van der Waals surface area contributed by atoms with Crippen LogP contribution < -0.4 is 4.74 Å². The summed E-state index contributed by atoms with van der Waals surface area (Å²) in [5.74, 6) is -1.72. The second-order valence-electron chi connectivity index (χ2n) is 8.39. The van der Waals surface area contributed by atoms with Gasteiger partial charge in [0, 0.05) is 30.0 Å². The third-order valence-corrected chi connectivity index (χ3v) is 6.66. The smallest absolute Gasteiger partial charge is 0.409 e. The summed E-state index contributed by atoms with van der Waals surface area (Å²) in [6.45, 7) is 2.41. The molecule has 4 rings (SSSR count). The summed E-state index contributed by atoms with van der Waals surface area (Å²) >= 11 is 1.32. The van der Waals surface area contributed by atoms with E-state index in [0.29, 0.717) is 60.5 Å². The minimum atomic E-state index is -2.57. The fourth-order valence-corrected chi connectivity index (χ4v) is 4.71. The van der Waals surface area contributed by atoms with E-state index < -0.39 is 18.1 Å². The number of carbonyl (C=O) groups excluding carboxylic acids is 1. The van der Waals surface area contributed by atoms with Gasteiger partial charge in [0.25, 0.3) is 0 Å². The molecule has 2 aromatic rings. The van der Waals surface area contributed by atoms with Crippen molar-refractivity contribution >= 4 is 17.4 Å². The van der Waals surface area contributed by atoms with Gasteiger partial charge < -0.3 is 19.5 Å². The van der Waals surface area contributed by atoms with Gasteiger partial charge in [0.05, 0.1) is 32.0 Å². The Morgan fingerprint density at radius 2 is 2.03 bits per heavy atom. The summed E-state index contributed by atoms with van der Waals surface area (Å²) in [6, 6.07) is 1.74. The lowest BCUT2D eigenvalue weighted by Crippen LogP contribution is -2.56. The highest BCUT2D eigenvalue weighted by molar-refractivity contribution is 7.13. The number of hydrogen-bond donors (Lipinski definition) is 1. The van der Waals surface area contributed by atoms with Crippen molar-refractivity contribution in [3.05, 3.63) is 22.8 Å². The minimum Gasteiger partial charge on any atom is -0.470 e. The Kier molecular flexibility index (Phi) is 6.57. The van der Waals surface area contributed by atoms with Crippen LogP contribution >= 0.6 is 11.3 Å². The molecule has 1 aliphatic carbocycles. The first-order valence-electron chi connectivity index (χ1n) is 10.6. The summed E-state index contributed by atoms with van der Waals surface area (Å²) in [5.41, 5.74) is 1.24. The van der Waals surface area contributed by atoms with Gasteiger partial charge in [0.1, 0.15) is 6.10 Å². The van der Waals surface area contributed by atoms with Crippen LogP contribution in [-0.4, -0.2) is 63.3 Å². The highest BCUT2D eigenvalue weighted by atomic mass is 32.1. The zero-order valence-corrected chi connectivity index (χ0v) is 18.8. The van der Waals surface area contributed by atoms with Crippen molar-refractivity contribution in [1.29, 1.82) is 0 Å². The number of aliphatic hydroxyl groups excluding tert-OH is 1. The second-order valence-corrected chi connectivity index (χ2v) is 9.25. The lowest BCUT2D eigenvalue weighted by Gasteiger charge is -2.37. The number of aromatic nitrogens is 3. The molecule has 0 bridgehead atoms. The largest absolute Gasteiger partial charge is 0.470 e. The van der Waals surface area contributed by atoms with Crippen LogP contribution in [0.5, 0.6) is 5.88 Å². The number of nitrogens with zero attached hydrogens (tertiary/aromatic N) is 4. The number of carbonyl (C=O) groups is 1. The first-order chi connectivity index (χ1) is 15.2. The van der Waals surface area contributed by atoms with Crippen molar-refractivity contribution < 1.29 is 28.2 Å². The number of alkyl halides is 2. The third-order valence-electron chi connectivity index (χ3n) is 5.80. The van der Waals surface area contributed by atoms with Crippen LogP contribution in [0, 0.1) is 5.92 Å². The average molecular weight is 469 g/mol. The van der Waals surface area contributed by atoms with Gasteiger partial charge in [-0.1, -0.05) is 0 Å². The maximum absolute atomic E-state index is 13.5. The van der Waals surface area contributed by atoms with E-state index in [0.717, 1.165) is 0 Å². The molecule has 32 heavy (non-hydrogen) atoms. The van der Waals surface area contributed by atoms with Crippen molar-refractivity contribution in [1.82, 2.24) is 19.9 Å². The Labute approximate surface area is 188 Å². The Morgan fingerprint density at radius 3 is 2.66 bits per heavy atom. The summed E-state index contributed by atoms with van der Waals surface area (Å²) in [6.07, 6.45) is -0.0922. The third kappa shape index (κ3) is 5.32. The van der Waals surface area contributed by atoms with Crippen LogP contribution in [0.2, 0.25) is 0 Å². The number of rotatable bonds is 6. The molecule has 1 unspecified atom stereocenters. The van der Waals surface area contributed by atoms with Gasteiger partial charge in [-0.05, 0) is 32.1 Å². The summed E-state index contributed by atoms with van der Waals surface area (Å²) in [5, 5.41) is 12.1. The molecule has 174 valence electrons. The van der Waals surface area contributed by atoms with Crippen molar-refractivity contribution in [2.24, 2.45) is 5.92 Å². The summed E-state index contributed by atoms with van der Waals surface area (Å²) in [7, 11) is 1.33. The van der Waals surface area contributed by atoms with Crippen LogP contribution in [0.25, 0.3) is 10.8 Å². The van der Waals surface area contributed by atoms with Crippen molar-refractivity contribution in [2.45, 2.75) is 57.2 Å². The second kappa shape index (κ2) is 9.22. The van der Waals surface area contributed by atoms with Crippen molar-refractivity contribution in [3.8, 4) is 16.7 Å². The molecular formula is C21H26F2N4O4S. The number of aliphatic hydroxyl groups is 1. The molecule has 0 spiro atoms. The molecule has 0 aromatic carbocycles. The molecule has 1 saturated carbocycles. The van der Waals surface area contributed by atoms with Crippen molar-refractivity contribution in [2.75, 3.05) is 20.2 Å². The fourth-order valence-electron chi connectivity index (χ4n) is 3.88. The van der Waals surface area contributed by atoms with E-state index in [9.17, 15) is 18.7 Å². The number of halogens is 2. The zero-order chi connectivity index (χ0) is 22.9. The summed E-state index contributed by atoms with van der Waals surface area (Å²) < 4.78 is 37.7. The molecular weight excluding hydrogens is 442 g/mol. The molecule has 2 fully saturated rings. The number of thiazole rings is 1. The molecule has 1 aliphatic heterocycles. The van der Waals surface area contributed by atoms with Gasteiger partial charge in [-0.25, -0.2) is 23.5 Å². The quantitative estimate of drug-likeness (QED) is 0.688. The molecule has 8 nitrogen and oxygen atoms in total. The van der Waals surface area contributed by atoms with Crippen LogP contribution in [0.3, 0.4) is 0 Å². The Morgan fingerprint density at radius 1 is 1.31 bits per heavy atom. The van der Waals surface area contributed by atoms with Gasteiger partial charge >= 0.3 is 6.09 Å². The number of likely N-dealkylation sites (tertiary alicyclic amines) is 1. The van der Waals surface area contributed by atoms with Gasteiger partial charge in [-0.15, -0.1) is 11.3 Å². The molecule has 1 atom stereocenters. The van der Waals surface area contributed by atoms with Crippen LogP contribution in [-0.2, 0) is 11.2 Å². The van der Waals surface area contributed by atoms with Gasteiger partial charge in [0.15, 0.2) is 10.8 Å². The van der Waals surface area contributed by atoms with Crippen LogP contribution in [0.15, 0.2) is 11.4 Å². The molecule has 1 saturated heterocycles. The van der Waals surface area contributed by atoms with Gasteiger partial charge in [-0.3, -0.25) is 0 Å². The Hall–Kier alpha value is -2.40. The monoisotopic (exact) mass is 468 g/mol. The minimum absolute atomic E-state index is 0.103. The Balaban J connectivity index is 1.52. The molecule has 11 heteroatoms. The maximum Gasteiger partial charge on any atom is 0.409 e. The van der Waals surface area contributed by atoms with E-state index in [1.54, 1.807) is 18.4 Å². The van der Waals surface area contributed by atoms with E-state index in [2.05, 4.69) is 15.0 Å². The fraction of sp³-hybridized carbons (Fsp3) is 0.619. The molecule has 1 N–H and O–H groups in total. The summed E-state index contributed by atoms with van der Waals surface area (Å²) in [4.78, 5) is 26.6. The zero-order valence-electron chi connectivity index (χ0n) is 18.0. The highest BCUT2D eigenvalue weighted by Crippen LogP contribution is 2.37. The lowest BCUT2D eigenvalue weighted by atomic mass is 9.84.